The first-order valence-corrected chi connectivity index (χ1v) is 6.92. The molecule has 0 bridgehead atoms. The molecule has 6 nitrogen and oxygen atoms in total. The lowest BCUT2D eigenvalue weighted by molar-refractivity contribution is 0.475. The summed E-state index contributed by atoms with van der Waals surface area (Å²) in [6, 6.07) is 11.0. The number of hydrogen-bond donors (Lipinski definition) is 2. The summed E-state index contributed by atoms with van der Waals surface area (Å²) in [5.41, 5.74) is 0.376. The Hall–Kier alpha value is -2.80. The minimum absolute atomic E-state index is 0.0798. The van der Waals surface area contributed by atoms with Crippen LogP contribution in [0.15, 0.2) is 46.3 Å². The van der Waals surface area contributed by atoms with Crippen molar-refractivity contribution >= 4 is 29.2 Å². The van der Waals surface area contributed by atoms with Crippen LogP contribution < -0.4 is 5.56 Å². The Morgan fingerprint density at radius 1 is 1.32 bits per heavy atom. The molecule has 0 saturated heterocycles. The van der Waals surface area contributed by atoms with Gasteiger partial charge in [0.1, 0.15) is 11.4 Å². The summed E-state index contributed by atoms with van der Waals surface area (Å²) in [7, 11) is 0. The molecule has 0 radical (unpaired) electrons. The normalized spacial score (nSPS) is 11.3. The van der Waals surface area contributed by atoms with Crippen molar-refractivity contribution in [2.75, 3.05) is 0 Å². The summed E-state index contributed by atoms with van der Waals surface area (Å²) in [6.45, 7) is 1.56. The highest BCUT2D eigenvalue weighted by molar-refractivity contribution is 7.71. The number of aromatic amines is 1. The molecule has 0 fully saturated rings. The van der Waals surface area contributed by atoms with Gasteiger partial charge in [-0.05, 0) is 36.0 Å². The van der Waals surface area contributed by atoms with E-state index < -0.39 is 5.56 Å². The lowest BCUT2D eigenvalue weighted by atomic mass is 10.0. The number of nitrogens with one attached hydrogen (secondary N) is 1. The molecule has 2 N–H and O–H groups in total. The van der Waals surface area contributed by atoms with Crippen molar-refractivity contribution in [3.63, 3.8) is 0 Å². The second kappa shape index (κ2) is 5.53. The maximum absolute atomic E-state index is 12.0. The molecule has 0 saturated carbocycles. The van der Waals surface area contributed by atoms with Crippen LogP contribution >= 0.6 is 12.2 Å². The minimum atomic E-state index is -0.403. The predicted molar refractivity (Wildman–Crippen MR) is 87.0 cm³/mol. The van der Waals surface area contributed by atoms with E-state index in [-0.39, 0.29) is 16.2 Å². The van der Waals surface area contributed by atoms with E-state index in [2.05, 4.69) is 15.3 Å². The lowest BCUT2D eigenvalue weighted by Crippen LogP contribution is -2.22. The molecule has 22 heavy (non-hydrogen) atoms. The highest BCUT2D eigenvalue weighted by atomic mass is 32.1. The number of phenols is 1. The SMILES string of the molecule is Cc1n[nH]c(=S)n(N=Cc2c(O)ccc3ccccc23)c1=O. The Morgan fingerprint density at radius 2 is 2.09 bits per heavy atom. The Morgan fingerprint density at radius 3 is 2.91 bits per heavy atom. The first kappa shape index (κ1) is 14.2. The highest BCUT2D eigenvalue weighted by Crippen LogP contribution is 2.25. The Balaban J connectivity index is 2.19. The van der Waals surface area contributed by atoms with Crippen LogP contribution in [0.25, 0.3) is 10.8 Å². The van der Waals surface area contributed by atoms with E-state index in [0.29, 0.717) is 5.56 Å². The van der Waals surface area contributed by atoms with Gasteiger partial charge in [-0.2, -0.15) is 14.9 Å². The highest BCUT2D eigenvalue weighted by Gasteiger charge is 2.06. The maximum Gasteiger partial charge on any atom is 0.296 e. The van der Waals surface area contributed by atoms with Crippen molar-refractivity contribution in [1.29, 1.82) is 0 Å². The van der Waals surface area contributed by atoms with E-state index in [1.54, 1.807) is 13.0 Å². The molecular formula is C15H12N4O2S. The quantitative estimate of drug-likeness (QED) is 0.562. The van der Waals surface area contributed by atoms with Gasteiger partial charge in [-0.25, -0.2) is 0 Å². The molecule has 0 aliphatic heterocycles. The van der Waals surface area contributed by atoms with Crippen LogP contribution in [0.5, 0.6) is 5.75 Å². The third kappa shape index (κ3) is 2.42. The topological polar surface area (TPSA) is 83.3 Å². The van der Waals surface area contributed by atoms with Gasteiger partial charge in [-0.15, -0.1) is 0 Å². The molecule has 1 aromatic heterocycles. The van der Waals surface area contributed by atoms with Crippen LogP contribution in [0.4, 0.5) is 0 Å². The molecule has 0 amide bonds. The Kier molecular flexibility index (Phi) is 3.56. The fourth-order valence-electron chi connectivity index (χ4n) is 2.11. The smallest absolute Gasteiger partial charge is 0.296 e. The van der Waals surface area contributed by atoms with Crippen molar-refractivity contribution in [2.45, 2.75) is 6.92 Å². The van der Waals surface area contributed by atoms with Gasteiger partial charge in [0, 0.05) is 5.56 Å². The van der Waals surface area contributed by atoms with Gasteiger partial charge in [-0.3, -0.25) is 9.89 Å². The van der Waals surface area contributed by atoms with Gasteiger partial charge in [0.15, 0.2) is 0 Å². The van der Waals surface area contributed by atoms with Crippen molar-refractivity contribution in [1.82, 2.24) is 14.9 Å². The van der Waals surface area contributed by atoms with Gasteiger partial charge in [0.05, 0.1) is 6.21 Å². The molecule has 0 spiro atoms. The van der Waals surface area contributed by atoms with Crippen LogP contribution in [0.3, 0.4) is 0 Å². The van der Waals surface area contributed by atoms with Gasteiger partial charge in [0.2, 0.25) is 4.77 Å². The zero-order chi connectivity index (χ0) is 15.7. The van der Waals surface area contributed by atoms with Gasteiger partial charge in [0.25, 0.3) is 5.56 Å². The summed E-state index contributed by atoms with van der Waals surface area (Å²) in [6.07, 6.45) is 1.42. The second-order valence-corrected chi connectivity index (χ2v) is 5.08. The number of aromatic hydroxyl groups is 1. The van der Waals surface area contributed by atoms with E-state index in [4.69, 9.17) is 12.2 Å². The molecule has 3 aromatic rings. The fraction of sp³-hybridized carbons (Fsp3) is 0.0667. The number of aryl methyl sites for hydroxylation is 1. The third-order valence-electron chi connectivity index (χ3n) is 3.26. The first-order chi connectivity index (χ1) is 10.6. The molecule has 0 unspecified atom stereocenters. The maximum atomic E-state index is 12.0. The van der Waals surface area contributed by atoms with Gasteiger partial charge < -0.3 is 5.11 Å². The second-order valence-electron chi connectivity index (χ2n) is 4.70. The number of rotatable bonds is 2. The number of nitrogens with zero attached hydrogens (tertiary/aromatic N) is 3. The van der Waals surface area contributed by atoms with E-state index in [9.17, 15) is 9.90 Å². The molecular weight excluding hydrogens is 300 g/mol. The molecule has 7 heteroatoms. The Labute approximate surface area is 130 Å². The summed E-state index contributed by atoms with van der Waals surface area (Å²) >= 11 is 5.01. The van der Waals surface area contributed by atoms with Crippen LogP contribution in [0.2, 0.25) is 0 Å². The van der Waals surface area contributed by atoms with Crippen LogP contribution in [-0.4, -0.2) is 26.2 Å². The van der Waals surface area contributed by atoms with Crippen LogP contribution in [0.1, 0.15) is 11.3 Å². The molecule has 0 aliphatic rings. The Bertz CT molecular complexity index is 1000. The zero-order valence-corrected chi connectivity index (χ0v) is 12.5. The summed E-state index contributed by atoms with van der Waals surface area (Å²) in [5.74, 6) is 0.0798. The summed E-state index contributed by atoms with van der Waals surface area (Å²) < 4.78 is 1.13. The molecule has 2 aromatic carbocycles. The number of phenolic OH excluding ortho intramolecular Hbond substituents is 1. The van der Waals surface area contributed by atoms with Crippen LogP contribution in [-0.2, 0) is 0 Å². The summed E-state index contributed by atoms with van der Waals surface area (Å²) in [5, 5.41) is 22.3. The monoisotopic (exact) mass is 312 g/mol. The van der Waals surface area contributed by atoms with Gasteiger partial charge in [-0.1, -0.05) is 30.3 Å². The average molecular weight is 312 g/mol. The molecule has 0 atom stereocenters. The first-order valence-electron chi connectivity index (χ1n) is 6.51. The molecule has 110 valence electrons. The molecule has 0 aliphatic carbocycles. The number of hydrogen-bond acceptors (Lipinski definition) is 5. The number of fused-ring (bicyclic) bond motifs is 1. The minimum Gasteiger partial charge on any atom is -0.507 e. The largest absolute Gasteiger partial charge is 0.507 e. The number of H-pyrrole nitrogens is 1. The van der Waals surface area contributed by atoms with Crippen molar-refractivity contribution in [3.05, 3.63) is 62.8 Å². The fourth-order valence-corrected chi connectivity index (χ4v) is 2.29. The average Bonchev–Trinajstić information content (AvgIpc) is 2.53. The van der Waals surface area contributed by atoms with Gasteiger partial charge >= 0.3 is 0 Å². The van der Waals surface area contributed by atoms with Crippen LogP contribution in [0, 0.1) is 11.7 Å². The molecule has 1 heterocycles. The van der Waals surface area contributed by atoms with E-state index in [0.717, 1.165) is 15.4 Å². The van der Waals surface area contributed by atoms with E-state index in [1.165, 1.54) is 6.21 Å². The number of benzene rings is 2. The van der Waals surface area contributed by atoms with E-state index >= 15 is 0 Å². The zero-order valence-electron chi connectivity index (χ0n) is 11.6. The van der Waals surface area contributed by atoms with Crippen molar-refractivity contribution in [3.8, 4) is 5.75 Å². The third-order valence-corrected chi connectivity index (χ3v) is 3.53. The van der Waals surface area contributed by atoms with E-state index in [1.807, 2.05) is 30.3 Å². The molecule has 3 rings (SSSR count). The predicted octanol–water partition coefficient (Wildman–Crippen LogP) is 2.35. The number of aromatic nitrogens is 3. The van der Waals surface area contributed by atoms with Crippen molar-refractivity contribution < 1.29 is 5.11 Å². The van der Waals surface area contributed by atoms with Crippen molar-refractivity contribution in [2.24, 2.45) is 5.10 Å². The summed E-state index contributed by atoms with van der Waals surface area (Å²) in [4.78, 5) is 12.0. The standard InChI is InChI=1S/C15H12N4O2S/c1-9-14(21)19(15(22)18-17-9)16-8-12-11-5-3-2-4-10(11)6-7-13(12)20/h2-8,20H,1H3,(H,18,22). The lowest BCUT2D eigenvalue weighted by Gasteiger charge is -2.05.